The van der Waals surface area contributed by atoms with Gasteiger partial charge in [-0.3, -0.25) is 4.79 Å². The molecule has 1 amide bonds. The van der Waals surface area contributed by atoms with Crippen molar-refractivity contribution in [2.45, 2.75) is 43.8 Å². The van der Waals surface area contributed by atoms with Gasteiger partial charge in [-0.05, 0) is 41.5 Å². The second kappa shape index (κ2) is 6.26. The smallest absolute Gasteiger partial charge is 0.238 e. The average molecular weight is 319 g/mol. The van der Waals surface area contributed by atoms with Gasteiger partial charge in [-0.25, -0.2) is 0 Å². The summed E-state index contributed by atoms with van der Waals surface area (Å²) in [5, 5.41) is 18.1. The fraction of sp³-hybridized carbons (Fsp3) is 0.400. The highest BCUT2D eigenvalue weighted by Gasteiger charge is 2.42. The van der Waals surface area contributed by atoms with Crippen LogP contribution < -0.4 is 10.6 Å². The van der Waals surface area contributed by atoms with Crippen LogP contribution in [0.3, 0.4) is 0 Å². The summed E-state index contributed by atoms with van der Waals surface area (Å²) in [7, 11) is 0. The van der Waals surface area contributed by atoms with E-state index in [9.17, 15) is 10.1 Å². The number of carbonyl (C=O) groups is 1. The predicted octanol–water partition coefficient (Wildman–Crippen LogP) is 2.53. The van der Waals surface area contributed by atoms with Gasteiger partial charge in [0.2, 0.25) is 5.91 Å². The Morgan fingerprint density at radius 1 is 1.25 bits per heavy atom. The Balaban J connectivity index is 1.43. The first-order valence-corrected chi connectivity index (χ1v) is 8.66. The maximum Gasteiger partial charge on any atom is 0.238 e. The van der Waals surface area contributed by atoms with Crippen molar-refractivity contribution in [3.05, 3.63) is 48.0 Å². The lowest BCUT2D eigenvalue weighted by Gasteiger charge is -2.23. The maximum absolute atomic E-state index is 12.5. The molecule has 1 saturated heterocycles. The molecule has 1 heterocycles. The molecule has 4 nitrogen and oxygen atoms in total. The molecule has 1 saturated carbocycles. The van der Waals surface area contributed by atoms with Crippen LogP contribution in [0.15, 0.2) is 42.5 Å². The van der Waals surface area contributed by atoms with Crippen LogP contribution in [0.2, 0.25) is 0 Å². The zero-order chi connectivity index (χ0) is 16.5. The first-order chi connectivity index (χ1) is 11.7. The summed E-state index contributed by atoms with van der Waals surface area (Å²) in [6.45, 7) is 0. The highest BCUT2D eigenvalue weighted by atomic mass is 16.2. The van der Waals surface area contributed by atoms with E-state index in [-0.39, 0.29) is 11.9 Å². The Kier molecular flexibility index (Phi) is 3.95. The van der Waals surface area contributed by atoms with Crippen LogP contribution in [0.5, 0.6) is 0 Å². The van der Waals surface area contributed by atoms with E-state index < -0.39 is 6.04 Å². The minimum absolute atomic E-state index is 0.0189. The van der Waals surface area contributed by atoms with Gasteiger partial charge < -0.3 is 10.6 Å². The standard InChI is InChI=1S/C20H21N3O/c21-12-18(23-20(24)19-16-7-8-17(11-16)22-19)10-13-5-6-14-3-1-2-4-15(14)9-13/h1-6,9,16-19,22H,7-8,10-11H2,(H,23,24). The Bertz CT molecular complexity index is 810. The van der Waals surface area contributed by atoms with Crippen LogP contribution in [0.1, 0.15) is 24.8 Å². The van der Waals surface area contributed by atoms with Crippen LogP contribution in [0, 0.1) is 17.2 Å². The molecule has 0 aromatic heterocycles. The molecule has 0 spiro atoms. The number of amides is 1. The van der Waals surface area contributed by atoms with E-state index >= 15 is 0 Å². The summed E-state index contributed by atoms with van der Waals surface area (Å²) in [5.74, 6) is 0.421. The van der Waals surface area contributed by atoms with Crippen molar-refractivity contribution in [2.24, 2.45) is 5.92 Å². The summed E-state index contributed by atoms with van der Waals surface area (Å²) in [4.78, 5) is 12.5. The third kappa shape index (κ3) is 2.88. The van der Waals surface area contributed by atoms with Crippen molar-refractivity contribution in [3.8, 4) is 6.07 Å². The minimum atomic E-state index is -0.486. The second-order valence-electron chi connectivity index (χ2n) is 6.99. The van der Waals surface area contributed by atoms with Crippen molar-refractivity contribution >= 4 is 16.7 Å². The van der Waals surface area contributed by atoms with Gasteiger partial charge in [0.25, 0.3) is 0 Å². The number of nitrogens with zero attached hydrogens (tertiary/aromatic N) is 1. The van der Waals surface area contributed by atoms with Gasteiger partial charge >= 0.3 is 0 Å². The number of piperidine rings is 1. The van der Waals surface area contributed by atoms with Crippen LogP contribution in [-0.2, 0) is 11.2 Å². The molecule has 2 aromatic rings. The van der Waals surface area contributed by atoms with Gasteiger partial charge in [0, 0.05) is 12.5 Å². The zero-order valence-electron chi connectivity index (χ0n) is 13.5. The Morgan fingerprint density at radius 2 is 2.08 bits per heavy atom. The third-order valence-corrected chi connectivity index (χ3v) is 5.37. The molecule has 4 atom stereocenters. The lowest BCUT2D eigenvalue weighted by atomic mass is 9.98. The van der Waals surface area contributed by atoms with Crippen molar-refractivity contribution in [3.63, 3.8) is 0 Å². The highest BCUT2D eigenvalue weighted by Crippen LogP contribution is 2.35. The molecular formula is C20H21N3O. The molecule has 4 heteroatoms. The first-order valence-electron chi connectivity index (χ1n) is 8.66. The van der Waals surface area contributed by atoms with Crippen LogP contribution in [-0.4, -0.2) is 24.0 Å². The number of hydrogen-bond acceptors (Lipinski definition) is 3. The number of rotatable bonds is 4. The average Bonchev–Trinajstić information content (AvgIpc) is 3.24. The molecule has 1 aliphatic heterocycles. The summed E-state index contributed by atoms with van der Waals surface area (Å²) in [5.41, 5.74) is 1.07. The van der Waals surface area contributed by atoms with Gasteiger partial charge in [0.1, 0.15) is 6.04 Å². The van der Waals surface area contributed by atoms with Gasteiger partial charge in [0.05, 0.1) is 12.1 Å². The SMILES string of the molecule is N#CC(Cc1ccc2ccccc2c1)NC(=O)C1NC2CCC1C2. The lowest BCUT2D eigenvalue weighted by molar-refractivity contribution is -0.124. The van der Waals surface area contributed by atoms with Gasteiger partial charge in [-0.2, -0.15) is 5.26 Å². The molecule has 4 unspecified atom stereocenters. The molecule has 1 aliphatic carbocycles. The minimum Gasteiger partial charge on any atom is -0.339 e. The van der Waals surface area contributed by atoms with Crippen molar-refractivity contribution < 1.29 is 4.79 Å². The Morgan fingerprint density at radius 3 is 2.79 bits per heavy atom. The third-order valence-electron chi connectivity index (χ3n) is 5.37. The van der Waals surface area contributed by atoms with Crippen molar-refractivity contribution in [1.82, 2.24) is 10.6 Å². The van der Waals surface area contributed by atoms with E-state index in [0.717, 1.165) is 23.8 Å². The quantitative estimate of drug-likeness (QED) is 0.910. The van der Waals surface area contributed by atoms with E-state index in [0.29, 0.717) is 18.4 Å². The zero-order valence-corrected chi connectivity index (χ0v) is 13.5. The first kappa shape index (κ1) is 15.2. The number of carbonyl (C=O) groups excluding carboxylic acids is 1. The number of nitriles is 1. The molecule has 0 radical (unpaired) electrons. The fourth-order valence-corrected chi connectivity index (χ4v) is 4.14. The van der Waals surface area contributed by atoms with Gasteiger partial charge in [0.15, 0.2) is 0 Å². The number of benzene rings is 2. The number of nitrogens with one attached hydrogen (secondary N) is 2. The van der Waals surface area contributed by atoms with E-state index in [1.165, 1.54) is 11.8 Å². The largest absolute Gasteiger partial charge is 0.339 e. The Hall–Kier alpha value is -2.38. The molecule has 2 aromatic carbocycles. The second-order valence-corrected chi connectivity index (χ2v) is 6.99. The predicted molar refractivity (Wildman–Crippen MR) is 93.2 cm³/mol. The van der Waals surface area contributed by atoms with E-state index in [2.05, 4.69) is 41.0 Å². The van der Waals surface area contributed by atoms with Gasteiger partial charge in [-0.15, -0.1) is 0 Å². The monoisotopic (exact) mass is 319 g/mol. The molecule has 2 aliphatic rings. The maximum atomic E-state index is 12.5. The van der Waals surface area contributed by atoms with Crippen LogP contribution >= 0.6 is 0 Å². The van der Waals surface area contributed by atoms with Crippen LogP contribution in [0.4, 0.5) is 0 Å². The highest BCUT2D eigenvalue weighted by molar-refractivity contribution is 5.84. The summed E-state index contributed by atoms with van der Waals surface area (Å²) in [6, 6.07) is 16.5. The number of hydrogen-bond donors (Lipinski definition) is 2. The van der Waals surface area contributed by atoms with Crippen molar-refractivity contribution in [2.75, 3.05) is 0 Å². The normalized spacial score (nSPS) is 26.2. The fourth-order valence-electron chi connectivity index (χ4n) is 4.14. The molecule has 2 fully saturated rings. The van der Waals surface area contributed by atoms with E-state index in [1.807, 2.05) is 18.2 Å². The topological polar surface area (TPSA) is 64.9 Å². The summed E-state index contributed by atoms with van der Waals surface area (Å²) in [6.07, 6.45) is 3.93. The summed E-state index contributed by atoms with van der Waals surface area (Å²) < 4.78 is 0. The summed E-state index contributed by atoms with van der Waals surface area (Å²) >= 11 is 0. The lowest BCUT2D eigenvalue weighted by Crippen LogP contribution is -2.50. The molecule has 4 rings (SSSR count). The molecule has 2 N–H and O–H groups in total. The molecule has 2 bridgehead atoms. The van der Waals surface area contributed by atoms with E-state index in [1.54, 1.807) is 0 Å². The van der Waals surface area contributed by atoms with Crippen LogP contribution in [0.25, 0.3) is 10.8 Å². The van der Waals surface area contributed by atoms with E-state index in [4.69, 9.17) is 0 Å². The number of fused-ring (bicyclic) bond motifs is 3. The molecule has 122 valence electrons. The van der Waals surface area contributed by atoms with Gasteiger partial charge in [-0.1, -0.05) is 42.5 Å². The van der Waals surface area contributed by atoms with Crippen molar-refractivity contribution in [1.29, 1.82) is 5.26 Å². The Labute approximate surface area is 141 Å². The molecular weight excluding hydrogens is 298 g/mol. The molecule has 24 heavy (non-hydrogen) atoms.